The number of carbonyl (C=O) groups is 3. The maximum Gasteiger partial charge on any atom is 0.303 e. The van der Waals surface area contributed by atoms with E-state index < -0.39 is 54.4 Å². The molecule has 0 aliphatic carbocycles. The molecule has 1 N–H and O–H groups in total. The summed E-state index contributed by atoms with van der Waals surface area (Å²) in [4.78, 5) is 35.7. The number of aromatic nitrogens is 1. The zero-order valence-corrected chi connectivity index (χ0v) is 21.0. The van der Waals surface area contributed by atoms with Crippen LogP contribution in [0.4, 0.5) is 4.39 Å². The zero-order valence-electron chi connectivity index (χ0n) is 20.2. The Bertz CT molecular complexity index is 1330. The molecule has 1 aliphatic heterocycles. The summed E-state index contributed by atoms with van der Waals surface area (Å²) < 4.78 is 38.3. The first-order valence-electron chi connectivity index (χ1n) is 11.4. The second kappa shape index (κ2) is 10.9. The molecule has 11 heteroatoms. The Morgan fingerprint density at radius 3 is 2.27 bits per heavy atom. The lowest BCUT2D eigenvalue weighted by atomic mass is 10.0. The number of nitrogens with zero attached hydrogens (tertiary/aromatic N) is 1. The SMILES string of the molecule is CC(=O)O[C@@H]1[C@@H](OC(C)=O)[C@H](OC(C)=O)CO[C@H]1n1cc(C(O)c2ccccc2)c2cc(F)c(Cl)cc21. The van der Waals surface area contributed by atoms with Crippen molar-refractivity contribution < 1.29 is 42.8 Å². The monoisotopic (exact) mass is 533 g/mol. The molecule has 1 aliphatic rings. The lowest BCUT2D eigenvalue weighted by Crippen LogP contribution is -2.55. The van der Waals surface area contributed by atoms with Crippen LogP contribution in [0.3, 0.4) is 0 Å². The zero-order chi connectivity index (χ0) is 26.9. The van der Waals surface area contributed by atoms with Crippen molar-refractivity contribution in [2.75, 3.05) is 6.61 Å². The molecule has 2 aromatic carbocycles. The van der Waals surface area contributed by atoms with E-state index in [1.165, 1.54) is 43.7 Å². The van der Waals surface area contributed by atoms with Gasteiger partial charge in [-0.2, -0.15) is 0 Å². The highest BCUT2D eigenvalue weighted by Crippen LogP contribution is 2.39. The topological polar surface area (TPSA) is 113 Å². The van der Waals surface area contributed by atoms with Gasteiger partial charge in [0, 0.05) is 37.9 Å². The molecule has 3 aromatic rings. The molecule has 4 rings (SSSR count). The second-order valence-corrected chi connectivity index (χ2v) is 9.02. The number of halogens is 2. The van der Waals surface area contributed by atoms with Gasteiger partial charge >= 0.3 is 17.9 Å². The van der Waals surface area contributed by atoms with Crippen LogP contribution >= 0.6 is 11.6 Å². The van der Waals surface area contributed by atoms with E-state index >= 15 is 0 Å². The third-order valence-electron chi connectivity index (χ3n) is 5.91. The maximum absolute atomic E-state index is 14.5. The Labute approximate surface area is 216 Å². The fourth-order valence-electron chi connectivity index (χ4n) is 4.47. The smallest absolute Gasteiger partial charge is 0.303 e. The standard InChI is InChI=1S/C26H25ClFNO8/c1-13(30)35-22-12-34-26(25(37-15(3)32)24(22)36-14(2)31)29-11-18(23(33)16-7-5-4-6-8-16)17-9-20(28)19(27)10-21(17)29/h4-11,22-26,33H,12H2,1-3H3/t22-,23?,24+,25-,26-/m1/s1. The Kier molecular flexibility index (Phi) is 7.82. The summed E-state index contributed by atoms with van der Waals surface area (Å²) >= 11 is 6.10. The van der Waals surface area contributed by atoms with Crippen LogP contribution in [0.5, 0.6) is 0 Å². The molecule has 9 nitrogen and oxygen atoms in total. The van der Waals surface area contributed by atoms with Crippen LogP contribution in [0.25, 0.3) is 10.9 Å². The minimum absolute atomic E-state index is 0.179. The van der Waals surface area contributed by atoms with E-state index in [1.807, 2.05) is 0 Å². The number of benzene rings is 2. The van der Waals surface area contributed by atoms with Crippen LogP contribution in [-0.4, -0.2) is 52.5 Å². The van der Waals surface area contributed by atoms with Crippen molar-refractivity contribution in [3.63, 3.8) is 0 Å². The maximum atomic E-state index is 14.5. The van der Waals surface area contributed by atoms with Gasteiger partial charge < -0.3 is 28.6 Å². The van der Waals surface area contributed by atoms with Crippen LogP contribution in [0.1, 0.15) is 44.2 Å². The fourth-order valence-corrected chi connectivity index (χ4v) is 4.63. The van der Waals surface area contributed by atoms with E-state index in [0.717, 1.165) is 0 Å². The third-order valence-corrected chi connectivity index (χ3v) is 6.20. The lowest BCUT2D eigenvalue weighted by Gasteiger charge is -2.41. The molecular weight excluding hydrogens is 509 g/mol. The lowest BCUT2D eigenvalue weighted by molar-refractivity contribution is -0.239. The van der Waals surface area contributed by atoms with Crippen LogP contribution in [0.15, 0.2) is 48.7 Å². The minimum Gasteiger partial charge on any atom is -0.456 e. The molecule has 0 amide bonds. The van der Waals surface area contributed by atoms with Gasteiger partial charge in [-0.05, 0) is 17.7 Å². The molecule has 196 valence electrons. The first-order chi connectivity index (χ1) is 17.6. The van der Waals surface area contributed by atoms with E-state index in [9.17, 15) is 23.9 Å². The van der Waals surface area contributed by atoms with Crippen LogP contribution in [-0.2, 0) is 33.3 Å². The number of esters is 3. The molecule has 5 atom stereocenters. The number of ether oxygens (including phenoxy) is 4. The van der Waals surface area contributed by atoms with E-state index in [2.05, 4.69) is 0 Å². The normalized spacial score (nSPS) is 22.3. The fraction of sp³-hybridized carbons (Fsp3) is 0.346. The largest absolute Gasteiger partial charge is 0.456 e. The summed E-state index contributed by atoms with van der Waals surface area (Å²) in [5.74, 6) is -2.73. The van der Waals surface area contributed by atoms with Crippen molar-refractivity contribution in [1.29, 1.82) is 0 Å². The van der Waals surface area contributed by atoms with Crippen molar-refractivity contribution >= 4 is 40.4 Å². The van der Waals surface area contributed by atoms with Gasteiger partial charge in [0.2, 0.25) is 0 Å². The molecule has 0 bridgehead atoms. The molecule has 1 aromatic heterocycles. The number of hydrogen-bond acceptors (Lipinski definition) is 8. The van der Waals surface area contributed by atoms with Crippen LogP contribution < -0.4 is 0 Å². The highest BCUT2D eigenvalue weighted by molar-refractivity contribution is 6.31. The molecule has 0 saturated carbocycles. The van der Waals surface area contributed by atoms with Gasteiger partial charge in [-0.1, -0.05) is 41.9 Å². The molecule has 0 spiro atoms. The van der Waals surface area contributed by atoms with Gasteiger partial charge in [-0.25, -0.2) is 4.39 Å². The van der Waals surface area contributed by atoms with E-state index in [0.29, 0.717) is 22.0 Å². The Morgan fingerprint density at radius 1 is 1.03 bits per heavy atom. The summed E-state index contributed by atoms with van der Waals surface area (Å²) in [5.41, 5.74) is 1.27. The van der Waals surface area contributed by atoms with Crippen LogP contribution in [0, 0.1) is 5.82 Å². The molecule has 1 fully saturated rings. The van der Waals surface area contributed by atoms with Gasteiger partial charge in [0.1, 0.15) is 11.9 Å². The van der Waals surface area contributed by atoms with Gasteiger partial charge in [0.25, 0.3) is 0 Å². The summed E-state index contributed by atoms with van der Waals surface area (Å²) in [5, 5.41) is 11.3. The summed E-state index contributed by atoms with van der Waals surface area (Å²) in [7, 11) is 0. The summed E-state index contributed by atoms with van der Waals surface area (Å²) in [6.45, 7) is 3.32. The molecule has 2 heterocycles. The quantitative estimate of drug-likeness (QED) is 0.375. The number of rotatable bonds is 6. The first kappa shape index (κ1) is 26.6. The number of aliphatic hydroxyl groups is 1. The average Bonchev–Trinajstić information content (AvgIpc) is 3.18. The Balaban J connectivity index is 1.87. The van der Waals surface area contributed by atoms with Crippen molar-refractivity contribution in [1.82, 2.24) is 4.57 Å². The van der Waals surface area contributed by atoms with Gasteiger partial charge in [-0.15, -0.1) is 0 Å². The van der Waals surface area contributed by atoms with Crippen molar-refractivity contribution in [3.8, 4) is 0 Å². The minimum atomic E-state index is -1.26. The average molecular weight is 534 g/mol. The highest BCUT2D eigenvalue weighted by Gasteiger charge is 2.48. The number of carbonyl (C=O) groups excluding carboxylic acids is 3. The second-order valence-electron chi connectivity index (χ2n) is 8.61. The highest BCUT2D eigenvalue weighted by atomic mass is 35.5. The molecule has 37 heavy (non-hydrogen) atoms. The van der Waals surface area contributed by atoms with Gasteiger partial charge in [0.15, 0.2) is 24.5 Å². The molecular formula is C26H25ClFNO8. The van der Waals surface area contributed by atoms with E-state index in [-0.39, 0.29) is 11.6 Å². The Hall–Kier alpha value is -3.47. The number of aliphatic hydroxyl groups excluding tert-OH is 1. The van der Waals surface area contributed by atoms with Crippen LogP contribution in [0.2, 0.25) is 5.02 Å². The molecule has 0 radical (unpaired) electrons. The van der Waals surface area contributed by atoms with E-state index in [4.69, 9.17) is 30.5 Å². The predicted octanol–water partition coefficient (Wildman–Crippen LogP) is 3.84. The van der Waals surface area contributed by atoms with Gasteiger partial charge in [0.05, 0.1) is 17.1 Å². The summed E-state index contributed by atoms with van der Waals surface area (Å²) in [6, 6.07) is 11.3. The van der Waals surface area contributed by atoms with E-state index in [1.54, 1.807) is 30.3 Å². The van der Waals surface area contributed by atoms with Gasteiger partial charge in [-0.3, -0.25) is 14.4 Å². The van der Waals surface area contributed by atoms with Crippen molar-refractivity contribution in [3.05, 3.63) is 70.6 Å². The first-order valence-corrected chi connectivity index (χ1v) is 11.8. The van der Waals surface area contributed by atoms with Crippen molar-refractivity contribution in [2.24, 2.45) is 0 Å². The predicted molar refractivity (Wildman–Crippen MR) is 129 cm³/mol. The summed E-state index contributed by atoms with van der Waals surface area (Å²) in [6.07, 6.45) is -4.24. The third kappa shape index (κ3) is 5.61. The Morgan fingerprint density at radius 2 is 1.65 bits per heavy atom. The van der Waals surface area contributed by atoms with Crippen molar-refractivity contribution in [2.45, 2.75) is 51.4 Å². The molecule has 1 unspecified atom stereocenters. The molecule has 1 saturated heterocycles. The number of fused-ring (bicyclic) bond motifs is 1. The number of hydrogen-bond donors (Lipinski definition) is 1.